The van der Waals surface area contributed by atoms with Gasteiger partial charge in [0, 0.05) is 12.7 Å². The molecule has 0 aliphatic carbocycles. The van der Waals surface area contributed by atoms with Gasteiger partial charge in [-0.3, -0.25) is 4.68 Å². The number of nitrogens with one attached hydrogen (secondary N) is 1. The highest BCUT2D eigenvalue weighted by molar-refractivity contribution is 5.39. The Morgan fingerprint density at radius 1 is 1.45 bits per heavy atom. The van der Waals surface area contributed by atoms with Crippen LogP contribution >= 0.6 is 0 Å². The van der Waals surface area contributed by atoms with Crippen LogP contribution in [0.2, 0.25) is 0 Å². The molecule has 0 radical (unpaired) electrons. The van der Waals surface area contributed by atoms with E-state index in [2.05, 4.69) is 19.2 Å². The lowest BCUT2D eigenvalue weighted by Gasteiger charge is -2.08. The molecule has 1 aromatic heterocycles. The number of hydrogen-bond acceptors (Lipinski definition) is 2. The molecule has 0 fully saturated rings. The Hall–Kier alpha value is -1.12. The van der Waals surface area contributed by atoms with Crippen LogP contribution in [0.3, 0.4) is 0 Å². The number of anilines is 1. The summed E-state index contributed by atoms with van der Waals surface area (Å²) in [6.07, 6.45) is 0. The van der Waals surface area contributed by atoms with Gasteiger partial charge in [-0.25, -0.2) is 0 Å². The zero-order valence-electron chi connectivity index (χ0n) is 7.26. The second-order valence-electron chi connectivity index (χ2n) is 2.92. The number of aromatic nitrogens is 1. The van der Waals surface area contributed by atoms with Gasteiger partial charge in [-0.2, -0.15) is 0 Å². The molecular formula is C8H15N3. The SMILES string of the molecule is CNc1ccc(C(C)C)n1N. The maximum absolute atomic E-state index is 5.77. The molecule has 1 rings (SSSR count). The number of rotatable bonds is 2. The molecule has 0 aliphatic rings. The summed E-state index contributed by atoms with van der Waals surface area (Å²) < 4.78 is 1.69. The number of nitrogens with two attached hydrogens (primary N) is 1. The van der Waals surface area contributed by atoms with E-state index in [1.54, 1.807) is 4.68 Å². The van der Waals surface area contributed by atoms with E-state index >= 15 is 0 Å². The van der Waals surface area contributed by atoms with E-state index in [1.165, 1.54) is 0 Å². The fourth-order valence-corrected chi connectivity index (χ4v) is 1.14. The maximum atomic E-state index is 5.77. The first-order valence-corrected chi connectivity index (χ1v) is 3.81. The van der Waals surface area contributed by atoms with Crippen LogP contribution in [0.15, 0.2) is 12.1 Å². The Morgan fingerprint density at radius 3 is 2.36 bits per heavy atom. The van der Waals surface area contributed by atoms with E-state index in [-0.39, 0.29) is 0 Å². The molecule has 0 unspecified atom stereocenters. The van der Waals surface area contributed by atoms with Crippen molar-refractivity contribution in [2.24, 2.45) is 0 Å². The summed E-state index contributed by atoms with van der Waals surface area (Å²) in [5.41, 5.74) is 1.15. The summed E-state index contributed by atoms with van der Waals surface area (Å²) in [5.74, 6) is 7.20. The van der Waals surface area contributed by atoms with Crippen molar-refractivity contribution >= 4 is 5.82 Å². The van der Waals surface area contributed by atoms with Crippen LogP contribution in [-0.2, 0) is 0 Å². The molecule has 0 aliphatic heterocycles. The molecule has 1 heterocycles. The van der Waals surface area contributed by atoms with E-state index in [4.69, 9.17) is 5.84 Å². The van der Waals surface area contributed by atoms with Gasteiger partial charge >= 0.3 is 0 Å². The minimum Gasteiger partial charge on any atom is -0.373 e. The van der Waals surface area contributed by atoms with Crippen molar-refractivity contribution in [3.63, 3.8) is 0 Å². The van der Waals surface area contributed by atoms with Gasteiger partial charge in [-0.1, -0.05) is 13.8 Å². The van der Waals surface area contributed by atoms with Gasteiger partial charge in [0.2, 0.25) is 0 Å². The van der Waals surface area contributed by atoms with Gasteiger partial charge in [0.25, 0.3) is 0 Å². The van der Waals surface area contributed by atoms with Gasteiger partial charge in [0.05, 0.1) is 0 Å². The monoisotopic (exact) mass is 153 g/mol. The van der Waals surface area contributed by atoms with Crippen molar-refractivity contribution in [3.05, 3.63) is 17.8 Å². The van der Waals surface area contributed by atoms with Crippen LogP contribution in [0.5, 0.6) is 0 Å². The molecule has 0 atom stereocenters. The molecule has 11 heavy (non-hydrogen) atoms. The Balaban J connectivity index is 3.00. The highest BCUT2D eigenvalue weighted by Crippen LogP contribution is 2.17. The first kappa shape index (κ1) is 7.98. The van der Waals surface area contributed by atoms with Crippen molar-refractivity contribution in [1.82, 2.24) is 4.68 Å². The second-order valence-corrected chi connectivity index (χ2v) is 2.92. The largest absolute Gasteiger partial charge is 0.373 e. The zero-order valence-corrected chi connectivity index (χ0v) is 7.26. The fraction of sp³-hybridized carbons (Fsp3) is 0.500. The van der Waals surface area contributed by atoms with E-state index in [9.17, 15) is 0 Å². The summed E-state index contributed by atoms with van der Waals surface area (Å²) >= 11 is 0. The topological polar surface area (TPSA) is 43.0 Å². The maximum Gasteiger partial charge on any atom is 0.124 e. The van der Waals surface area contributed by atoms with Crippen LogP contribution < -0.4 is 11.2 Å². The number of hydrogen-bond donors (Lipinski definition) is 2. The molecule has 0 amide bonds. The minimum atomic E-state index is 0.474. The first-order chi connectivity index (χ1) is 5.16. The van der Waals surface area contributed by atoms with Crippen LogP contribution in [0.4, 0.5) is 5.82 Å². The quantitative estimate of drug-likeness (QED) is 0.630. The van der Waals surface area contributed by atoms with Crippen LogP contribution in [0, 0.1) is 0 Å². The molecule has 0 aromatic carbocycles. The van der Waals surface area contributed by atoms with Crippen LogP contribution in [0.1, 0.15) is 25.5 Å². The third-order valence-corrected chi connectivity index (χ3v) is 1.80. The summed E-state index contributed by atoms with van der Waals surface area (Å²) in [4.78, 5) is 0. The smallest absolute Gasteiger partial charge is 0.124 e. The van der Waals surface area contributed by atoms with Crippen molar-refractivity contribution in [2.45, 2.75) is 19.8 Å². The molecule has 3 heteroatoms. The van der Waals surface area contributed by atoms with Gasteiger partial charge in [-0.05, 0) is 18.1 Å². The molecule has 0 spiro atoms. The summed E-state index contributed by atoms with van der Waals surface area (Å²) in [5, 5.41) is 3.01. The fourth-order valence-electron chi connectivity index (χ4n) is 1.14. The minimum absolute atomic E-state index is 0.474. The van der Waals surface area contributed by atoms with Crippen LogP contribution in [-0.4, -0.2) is 11.7 Å². The average Bonchev–Trinajstić information content (AvgIpc) is 2.30. The molecule has 62 valence electrons. The highest BCUT2D eigenvalue weighted by Gasteiger charge is 2.06. The lowest BCUT2D eigenvalue weighted by atomic mass is 10.1. The Morgan fingerprint density at radius 2 is 2.09 bits per heavy atom. The van der Waals surface area contributed by atoms with E-state index in [1.807, 2.05) is 19.2 Å². The van der Waals surface area contributed by atoms with Gasteiger partial charge in [0.15, 0.2) is 0 Å². The molecular weight excluding hydrogens is 138 g/mol. The highest BCUT2D eigenvalue weighted by atomic mass is 15.3. The van der Waals surface area contributed by atoms with Gasteiger partial charge < -0.3 is 11.2 Å². The Kier molecular flexibility index (Phi) is 2.08. The Bertz CT molecular complexity index is 237. The summed E-state index contributed by atoms with van der Waals surface area (Å²) in [6, 6.07) is 4.02. The van der Waals surface area contributed by atoms with Gasteiger partial charge in [-0.15, -0.1) is 0 Å². The molecule has 0 bridgehead atoms. The van der Waals surface area contributed by atoms with Crippen molar-refractivity contribution in [3.8, 4) is 0 Å². The third-order valence-electron chi connectivity index (χ3n) is 1.80. The third kappa shape index (κ3) is 1.31. The predicted molar refractivity (Wildman–Crippen MR) is 48.2 cm³/mol. The molecule has 1 aromatic rings. The molecule has 3 N–H and O–H groups in total. The van der Waals surface area contributed by atoms with Gasteiger partial charge in [0.1, 0.15) is 5.82 Å². The first-order valence-electron chi connectivity index (χ1n) is 3.81. The molecule has 3 nitrogen and oxygen atoms in total. The summed E-state index contributed by atoms with van der Waals surface area (Å²) in [7, 11) is 1.86. The Labute approximate surface area is 67.2 Å². The zero-order chi connectivity index (χ0) is 8.43. The molecule has 0 saturated heterocycles. The molecule has 0 saturated carbocycles. The van der Waals surface area contributed by atoms with Crippen molar-refractivity contribution in [2.75, 3.05) is 18.2 Å². The van der Waals surface area contributed by atoms with Crippen molar-refractivity contribution < 1.29 is 0 Å². The number of nitrogens with zero attached hydrogens (tertiary/aromatic N) is 1. The van der Waals surface area contributed by atoms with Crippen molar-refractivity contribution in [1.29, 1.82) is 0 Å². The normalized spacial score (nSPS) is 10.5. The van der Waals surface area contributed by atoms with E-state index in [0.29, 0.717) is 5.92 Å². The summed E-state index contributed by atoms with van der Waals surface area (Å²) in [6.45, 7) is 4.25. The van der Waals surface area contributed by atoms with E-state index < -0.39 is 0 Å². The second kappa shape index (κ2) is 2.86. The van der Waals surface area contributed by atoms with Crippen LogP contribution in [0.25, 0.3) is 0 Å². The standard InChI is InChI=1S/C8H15N3/c1-6(2)7-4-5-8(10-3)11(7)9/h4-6,10H,9H2,1-3H3. The predicted octanol–water partition coefficient (Wildman–Crippen LogP) is 1.37. The lowest BCUT2D eigenvalue weighted by Crippen LogP contribution is -2.15. The average molecular weight is 153 g/mol. The number of nitrogen functional groups attached to an aromatic ring is 1. The van der Waals surface area contributed by atoms with E-state index in [0.717, 1.165) is 11.5 Å². The lowest BCUT2D eigenvalue weighted by molar-refractivity contribution is 0.772.